The van der Waals surface area contributed by atoms with E-state index in [1.54, 1.807) is 6.07 Å². The smallest absolute Gasteiger partial charge is 0.120 e. The quantitative estimate of drug-likeness (QED) is 0.768. The van der Waals surface area contributed by atoms with Gasteiger partial charge < -0.3 is 9.78 Å². The Morgan fingerprint density at radius 2 is 2.33 bits per heavy atom. The molecule has 0 saturated heterocycles. The SMILES string of the molecule is N#Cc1cccc2c(CCC=O)c[nH]c12. The predicted molar refractivity (Wildman–Crippen MR) is 57.4 cm³/mol. The van der Waals surface area contributed by atoms with Gasteiger partial charge in [-0.25, -0.2) is 0 Å². The van der Waals surface area contributed by atoms with Crippen molar-refractivity contribution in [3.05, 3.63) is 35.5 Å². The second-order valence-electron chi connectivity index (χ2n) is 3.36. The van der Waals surface area contributed by atoms with E-state index in [9.17, 15) is 4.79 Å². The second-order valence-corrected chi connectivity index (χ2v) is 3.36. The van der Waals surface area contributed by atoms with Crippen LogP contribution in [-0.4, -0.2) is 11.3 Å². The molecule has 0 saturated carbocycles. The highest BCUT2D eigenvalue weighted by Crippen LogP contribution is 2.21. The normalized spacial score (nSPS) is 10.1. The number of hydrogen-bond acceptors (Lipinski definition) is 2. The zero-order valence-electron chi connectivity index (χ0n) is 8.16. The fourth-order valence-corrected chi connectivity index (χ4v) is 1.73. The average Bonchev–Trinajstić information content (AvgIpc) is 2.69. The summed E-state index contributed by atoms with van der Waals surface area (Å²) >= 11 is 0. The van der Waals surface area contributed by atoms with Gasteiger partial charge >= 0.3 is 0 Å². The molecule has 0 aliphatic carbocycles. The predicted octanol–water partition coefficient (Wildman–Crippen LogP) is 2.17. The zero-order valence-corrected chi connectivity index (χ0v) is 8.16. The molecular formula is C12H10N2O. The van der Waals surface area contributed by atoms with Crippen molar-refractivity contribution in [2.24, 2.45) is 0 Å². The summed E-state index contributed by atoms with van der Waals surface area (Å²) in [4.78, 5) is 13.4. The minimum atomic E-state index is 0.518. The lowest BCUT2D eigenvalue weighted by Gasteiger charge is -1.95. The first kappa shape index (κ1) is 9.47. The Labute approximate surface area is 87.3 Å². The largest absolute Gasteiger partial charge is 0.360 e. The number of para-hydroxylation sites is 1. The molecule has 1 aromatic carbocycles. The number of carbonyl (C=O) groups excluding carboxylic acids is 1. The molecule has 3 nitrogen and oxygen atoms in total. The van der Waals surface area contributed by atoms with Gasteiger partial charge in [0, 0.05) is 18.0 Å². The molecule has 0 unspecified atom stereocenters. The first-order chi connectivity index (χ1) is 7.36. The highest BCUT2D eigenvalue weighted by atomic mass is 16.1. The monoisotopic (exact) mass is 198 g/mol. The number of rotatable bonds is 3. The first-order valence-electron chi connectivity index (χ1n) is 4.79. The molecule has 74 valence electrons. The number of nitriles is 1. The molecule has 1 aromatic heterocycles. The Balaban J connectivity index is 2.52. The number of benzene rings is 1. The van der Waals surface area contributed by atoms with Gasteiger partial charge in [0.15, 0.2) is 0 Å². The van der Waals surface area contributed by atoms with Crippen molar-refractivity contribution < 1.29 is 4.79 Å². The molecular weight excluding hydrogens is 188 g/mol. The van der Waals surface area contributed by atoms with Crippen molar-refractivity contribution >= 4 is 17.2 Å². The van der Waals surface area contributed by atoms with Gasteiger partial charge in [0.2, 0.25) is 0 Å². The summed E-state index contributed by atoms with van der Waals surface area (Å²) in [6.07, 6.45) is 4.02. The van der Waals surface area contributed by atoms with Crippen LogP contribution >= 0.6 is 0 Å². The molecule has 0 aliphatic rings. The van der Waals surface area contributed by atoms with E-state index in [2.05, 4.69) is 11.1 Å². The van der Waals surface area contributed by atoms with Gasteiger partial charge in [-0.2, -0.15) is 5.26 Å². The van der Waals surface area contributed by atoms with E-state index in [0.717, 1.165) is 29.2 Å². The number of aromatic amines is 1. The van der Waals surface area contributed by atoms with Gasteiger partial charge in [-0.05, 0) is 18.1 Å². The number of H-pyrrole nitrogens is 1. The number of nitrogens with one attached hydrogen (secondary N) is 1. The standard InChI is InChI=1S/C12H10N2O/c13-7-9-3-1-5-11-10(4-2-6-15)8-14-12(9)11/h1,3,5-6,8,14H,2,4H2. The van der Waals surface area contributed by atoms with Crippen LogP contribution in [0.3, 0.4) is 0 Å². The van der Waals surface area contributed by atoms with Crippen molar-refractivity contribution in [2.45, 2.75) is 12.8 Å². The average molecular weight is 198 g/mol. The van der Waals surface area contributed by atoms with Crippen LogP contribution in [-0.2, 0) is 11.2 Å². The molecule has 15 heavy (non-hydrogen) atoms. The Morgan fingerprint density at radius 3 is 3.07 bits per heavy atom. The maximum Gasteiger partial charge on any atom is 0.120 e. The van der Waals surface area contributed by atoms with Gasteiger partial charge in [-0.15, -0.1) is 0 Å². The minimum Gasteiger partial charge on any atom is -0.360 e. The third-order valence-corrected chi connectivity index (χ3v) is 2.45. The molecule has 0 fully saturated rings. The summed E-state index contributed by atoms with van der Waals surface area (Å²) in [5.74, 6) is 0. The van der Waals surface area contributed by atoms with Crippen LogP contribution < -0.4 is 0 Å². The molecule has 0 atom stereocenters. The lowest BCUT2D eigenvalue weighted by molar-refractivity contribution is -0.107. The summed E-state index contributed by atoms with van der Waals surface area (Å²) < 4.78 is 0. The van der Waals surface area contributed by atoms with E-state index in [1.807, 2.05) is 18.3 Å². The highest BCUT2D eigenvalue weighted by Gasteiger charge is 2.06. The molecule has 2 aromatic rings. The van der Waals surface area contributed by atoms with Crippen LogP contribution in [0.25, 0.3) is 10.9 Å². The van der Waals surface area contributed by atoms with E-state index in [4.69, 9.17) is 5.26 Å². The molecule has 0 aliphatic heterocycles. The molecule has 3 heteroatoms. The Bertz CT molecular complexity index is 534. The van der Waals surface area contributed by atoms with Crippen LogP contribution in [0.1, 0.15) is 17.5 Å². The Morgan fingerprint density at radius 1 is 1.47 bits per heavy atom. The number of aldehydes is 1. The van der Waals surface area contributed by atoms with Gasteiger partial charge in [0.25, 0.3) is 0 Å². The molecule has 0 bridgehead atoms. The summed E-state index contributed by atoms with van der Waals surface area (Å²) in [5.41, 5.74) is 2.60. The summed E-state index contributed by atoms with van der Waals surface area (Å²) in [6.45, 7) is 0. The van der Waals surface area contributed by atoms with Crippen molar-refractivity contribution in [3.63, 3.8) is 0 Å². The van der Waals surface area contributed by atoms with Gasteiger partial charge in [0.1, 0.15) is 12.4 Å². The molecule has 0 radical (unpaired) electrons. The number of aryl methyl sites for hydroxylation is 1. The van der Waals surface area contributed by atoms with Crippen LogP contribution in [0.15, 0.2) is 24.4 Å². The minimum absolute atomic E-state index is 0.518. The fourth-order valence-electron chi connectivity index (χ4n) is 1.73. The van der Waals surface area contributed by atoms with Crippen LogP contribution in [0.5, 0.6) is 0 Å². The molecule has 0 amide bonds. The van der Waals surface area contributed by atoms with Crippen molar-refractivity contribution in [2.75, 3.05) is 0 Å². The highest BCUT2D eigenvalue weighted by molar-refractivity contribution is 5.88. The van der Waals surface area contributed by atoms with Crippen LogP contribution in [0, 0.1) is 11.3 Å². The van der Waals surface area contributed by atoms with Crippen molar-refractivity contribution in [3.8, 4) is 6.07 Å². The Hall–Kier alpha value is -2.08. The summed E-state index contributed by atoms with van der Waals surface area (Å²) in [6, 6.07) is 7.74. The fraction of sp³-hybridized carbons (Fsp3) is 0.167. The molecule has 1 heterocycles. The maximum absolute atomic E-state index is 10.3. The van der Waals surface area contributed by atoms with Crippen molar-refractivity contribution in [1.82, 2.24) is 4.98 Å². The third kappa shape index (κ3) is 1.62. The van der Waals surface area contributed by atoms with E-state index < -0.39 is 0 Å². The van der Waals surface area contributed by atoms with Gasteiger partial charge in [0.05, 0.1) is 11.1 Å². The molecule has 0 spiro atoms. The van der Waals surface area contributed by atoms with Crippen molar-refractivity contribution in [1.29, 1.82) is 5.26 Å². The van der Waals surface area contributed by atoms with Crippen LogP contribution in [0.4, 0.5) is 0 Å². The topological polar surface area (TPSA) is 56.6 Å². The number of hydrogen-bond donors (Lipinski definition) is 1. The number of fused-ring (bicyclic) bond motifs is 1. The van der Waals surface area contributed by atoms with Crippen LogP contribution in [0.2, 0.25) is 0 Å². The van der Waals surface area contributed by atoms with Gasteiger partial charge in [-0.3, -0.25) is 0 Å². The number of nitrogens with zero attached hydrogens (tertiary/aromatic N) is 1. The number of carbonyl (C=O) groups is 1. The summed E-state index contributed by atoms with van der Waals surface area (Å²) in [7, 11) is 0. The van der Waals surface area contributed by atoms with E-state index in [1.165, 1.54) is 0 Å². The first-order valence-corrected chi connectivity index (χ1v) is 4.79. The maximum atomic E-state index is 10.3. The Kier molecular flexibility index (Phi) is 2.51. The van der Waals surface area contributed by atoms with Gasteiger partial charge in [-0.1, -0.05) is 12.1 Å². The lowest BCUT2D eigenvalue weighted by atomic mass is 10.1. The van der Waals surface area contributed by atoms with E-state index in [0.29, 0.717) is 12.0 Å². The molecule has 2 rings (SSSR count). The lowest BCUT2D eigenvalue weighted by Crippen LogP contribution is -1.84. The van der Waals surface area contributed by atoms with E-state index in [-0.39, 0.29) is 0 Å². The number of aromatic nitrogens is 1. The summed E-state index contributed by atoms with van der Waals surface area (Å²) in [5, 5.41) is 9.93. The third-order valence-electron chi connectivity index (χ3n) is 2.45. The molecule has 1 N–H and O–H groups in total. The zero-order chi connectivity index (χ0) is 10.7. The second kappa shape index (κ2) is 3.97. The van der Waals surface area contributed by atoms with E-state index >= 15 is 0 Å².